The molecule has 2 heterocycles. The van der Waals surface area contributed by atoms with Gasteiger partial charge in [-0.05, 0) is 55.6 Å². The van der Waals surface area contributed by atoms with Crippen LogP contribution in [0.3, 0.4) is 0 Å². The second kappa shape index (κ2) is 9.28. The summed E-state index contributed by atoms with van der Waals surface area (Å²) in [5, 5.41) is 0.627. The molecule has 4 aromatic rings. The van der Waals surface area contributed by atoms with Crippen molar-refractivity contribution < 1.29 is 9.53 Å². The summed E-state index contributed by atoms with van der Waals surface area (Å²) >= 11 is 3.09. The van der Waals surface area contributed by atoms with Crippen molar-refractivity contribution in [2.75, 3.05) is 17.8 Å². The van der Waals surface area contributed by atoms with E-state index in [4.69, 9.17) is 9.72 Å². The number of aromatic nitrogens is 2. The van der Waals surface area contributed by atoms with Crippen LogP contribution in [0.1, 0.15) is 23.0 Å². The van der Waals surface area contributed by atoms with E-state index >= 15 is 0 Å². The highest BCUT2D eigenvalue weighted by molar-refractivity contribution is 7.98. The third-order valence-electron chi connectivity index (χ3n) is 4.51. The van der Waals surface area contributed by atoms with Crippen molar-refractivity contribution in [2.24, 2.45) is 0 Å². The van der Waals surface area contributed by atoms with Gasteiger partial charge in [0.25, 0.3) is 5.91 Å². The molecular formula is C23H21N3O2S2. The van der Waals surface area contributed by atoms with Crippen molar-refractivity contribution in [1.29, 1.82) is 0 Å². The standard InChI is InChI=1S/C23H21N3O2S2/c1-3-28-19-11-7-12-20-21(19)25-23(30-20)26(15-17-9-4-5-13-24-17)22(27)16-8-6-10-18(14-16)29-2/h4-14H,3,15H2,1-2H3. The Morgan fingerprint density at radius 2 is 2.00 bits per heavy atom. The maximum Gasteiger partial charge on any atom is 0.260 e. The molecular weight excluding hydrogens is 414 g/mol. The second-order valence-corrected chi connectivity index (χ2v) is 8.37. The molecule has 0 spiro atoms. The van der Waals surface area contributed by atoms with Gasteiger partial charge < -0.3 is 4.74 Å². The van der Waals surface area contributed by atoms with E-state index in [1.165, 1.54) is 11.3 Å². The number of amides is 1. The highest BCUT2D eigenvalue weighted by Gasteiger charge is 2.23. The molecule has 0 saturated carbocycles. The number of carbonyl (C=O) groups is 1. The summed E-state index contributed by atoms with van der Waals surface area (Å²) in [5.41, 5.74) is 2.20. The van der Waals surface area contributed by atoms with Crippen LogP contribution in [-0.2, 0) is 6.54 Å². The number of para-hydroxylation sites is 1. The smallest absolute Gasteiger partial charge is 0.260 e. The Labute approximate surface area is 183 Å². The number of thioether (sulfide) groups is 1. The first-order chi connectivity index (χ1) is 14.7. The van der Waals surface area contributed by atoms with Gasteiger partial charge in [-0.1, -0.05) is 29.5 Å². The molecule has 0 aliphatic heterocycles. The van der Waals surface area contributed by atoms with Crippen molar-refractivity contribution in [3.8, 4) is 5.75 Å². The van der Waals surface area contributed by atoms with Crippen molar-refractivity contribution in [3.05, 3.63) is 78.1 Å². The molecule has 30 heavy (non-hydrogen) atoms. The Morgan fingerprint density at radius 3 is 2.77 bits per heavy atom. The zero-order chi connectivity index (χ0) is 20.9. The second-order valence-electron chi connectivity index (χ2n) is 6.48. The molecule has 0 bridgehead atoms. The number of hydrogen-bond acceptors (Lipinski definition) is 6. The number of nitrogens with zero attached hydrogens (tertiary/aromatic N) is 3. The van der Waals surface area contributed by atoms with Crippen LogP contribution >= 0.6 is 23.1 Å². The van der Waals surface area contributed by atoms with Gasteiger partial charge in [-0.25, -0.2) is 4.98 Å². The number of ether oxygens (including phenoxy) is 1. The van der Waals surface area contributed by atoms with Crippen molar-refractivity contribution in [3.63, 3.8) is 0 Å². The summed E-state index contributed by atoms with van der Waals surface area (Å²) in [6, 6.07) is 19.2. The van der Waals surface area contributed by atoms with Gasteiger partial charge in [-0.15, -0.1) is 11.8 Å². The normalized spacial score (nSPS) is 10.9. The van der Waals surface area contributed by atoms with E-state index in [1.807, 2.05) is 73.8 Å². The molecule has 2 aromatic heterocycles. The van der Waals surface area contributed by atoms with Gasteiger partial charge in [0.1, 0.15) is 11.3 Å². The first-order valence-corrected chi connectivity index (χ1v) is 11.6. The molecule has 1 amide bonds. The fraction of sp³-hybridized carbons (Fsp3) is 0.174. The lowest BCUT2D eigenvalue weighted by molar-refractivity contribution is 0.0984. The number of benzene rings is 2. The lowest BCUT2D eigenvalue weighted by atomic mass is 10.2. The van der Waals surface area contributed by atoms with Crippen LogP contribution in [0.5, 0.6) is 5.75 Å². The van der Waals surface area contributed by atoms with Crippen LogP contribution in [0, 0.1) is 0 Å². The van der Waals surface area contributed by atoms with E-state index in [9.17, 15) is 4.79 Å². The van der Waals surface area contributed by atoms with Gasteiger partial charge in [-0.2, -0.15) is 0 Å². The molecule has 0 unspecified atom stereocenters. The van der Waals surface area contributed by atoms with Crippen LogP contribution in [0.4, 0.5) is 5.13 Å². The molecule has 0 atom stereocenters. The number of thiazole rings is 1. The Morgan fingerprint density at radius 1 is 1.13 bits per heavy atom. The van der Waals surface area contributed by atoms with E-state index in [2.05, 4.69) is 4.98 Å². The monoisotopic (exact) mass is 435 g/mol. The minimum Gasteiger partial charge on any atom is -0.492 e. The topological polar surface area (TPSA) is 55.3 Å². The molecule has 152 valence electrons. The van der Waals surface area contributed by atoms with Crippen LogP contribution in [0.25, 0.3) is 10.2 Å². The summed E-state index contributed by atoms with van der Waals surface area (Å²) < 4.78 is 6.71. The fourth-order valence-corrected chi connectivity index (χ4v) is 4.53. The van der Waals surface area contributed by atoms with Gasteiger partial charge in [0, 0.05) is 16.7 Å². The average Bonchev–Trinajstić information content (AvgIpc) is 3.23. The molecule has 4 rings (SSSR count). The highest BCUT2D eigenvalue weighted by Crippen LogP contribution is 2.35. The third-order valence-corrected chi connectivity index (χ3v) is 6.28. The van der Waals surface area contributed by atoms with Gasteiger partial charge in [0.2, 0.25) is 0 Å². The minimum absolute atomic E-state index is 0.103. The van der Waals surface area contributed by atoms with E-state index in [1.54, 1.807) is 22.9 Å². The number of fused-ring (bicyclic) bond motifs is 1. The first-order valence-electron chi connectivity index (χ1n) is 9.57. The van der Waals surface area contributed by atoms with Crippen LogP contribution in [0.15, 0.2) is 71.8 Å². The maximum atomic E-state index is 13.5. The zero-order valence-electron chi connectivity index (χ0n) is 16.7. The van der Waals surface area contributed by atoms with Crippen molar-refractivity contribution in [2.45, 2.75) is 18.4 Å². The molecule has 7 heteroatoms. The maximum absolute atomic E-state index is 13.5. The lowest BCUT2D eigenvalue weighted by Crippen LogP contribution is -2.30. The minimum atomic E-state index is -0.103. The Hall–Kier alpha value is -2.90. The quantitative estimate of drug-likeness (QED) is 0.351. The lowest BCUT2D eigenvalue weighted by Gasteiger charge is -2.20. The summed E-state index contributed by atoms with van der Waals surface area (Å²) in [6.07, 6.45) is 3.73. The Kier molecular flexibility index (Phi) is 6.30. The first kappa shape index (κ1) is 20.4. The largest absolute Gasteiger partial charge is 0.492 e. The van der Waals surface area contributed by atoms with E-state index in [-0.39, 0.29) is 5.91 Å². The fourth-order valence-electron chi connectivity index (χ4n) is 3.09. The molecule has 5 nitrogen and oxygen atoms in total. The molecule has 0 radical (unpaired) electrons. The number of carbonyl (C=O) groups excluding carboxylic acids is 1. The van der Waals surface area contributed by atoms with Crippen LogP contribution in [-0.4, -0.2) is 28.7 Å². The number of hydrogen-bond donors (Lipinski definition) is 0. The SMILES string of the molecule is CCOc1cccc2sc(N(Cc3ccccn3)C(=O)c3cccc(SC)c3)nc12. The summed E-state index contributed by atoms with van der Waals surface area (Å²) in [5.74, 6) is 0.626. The van der Waals surface area contributed by atoms with Crippen molar-refractivity contribution >= 4 is 44.4 Å². The molecule has 0 fully saturated rings. The number of rotatable bonds is 7. The number of anilines is 1. The van der Waals surface area contributed by atoms with Gasteiger partial charge in [0.15, 0.2) is 5.13 Å². The van der Waals surface area contributed by atoms with E-state index in [0.29, 0.717) is 23.8 Å². The van der Waals surface area contributed by atoms with Gasteiger partial charge in [0.05, 0.1) is 23.5 Å². The summed E-state index contributed by atoms with van der Waals surface area (Å²) in [7, 11) is 0. The predicted octanol–water partition coefficient (Wildman–Crippen LogP) is 5.66. The van der Waals surface area contributed by atoms with Gasteiger partial charge in [-0.3, -0.25) is 14.7 Å². The molecule has 0 saturated heterocycles. The van der Waals surface area contributed by atoms with E-state index < -0.39 is 0 Å². The summed E-state index contributed by atoms with van der Waals surface area (Å²) in [4.78, 5) is 25.5. The zero-order valence-corrected chi connectivity index (χ0v) is 18.4. The predicted molar refractivity (Wildman–Crippen MR) is 124 cm³/mol. The van der Waals surface area contributed by atoms with Gasteiger partial charge >= 0.3 is 0 Å². The molecule has 0 N–H and O–H groups in total. The number of pyridine rings is 1. The third kappa shape index (κ3) is 4.32. The van der Waals surface area contributed by atoms with E-state index in [0.717, 1.165) is 26.6 Å². The van der Waals surface area contributed by atoms with Crippen LogP contribution in [0.2, 0.25) is 0 Å². The Balaban J connectivity index is 1.78. The molecule has 0 aliphatic rings. The average molecular weight is 436 g/mol. The van der Waals surface area contributed by atoms with Crippen molar-refractivity contribution in [1.82, 2.24) is 9.97 Å². The molecule has 2 aromatic carbocycles. The highest BCUT2D eigenvalue weighted by atomic mass is 32.2. The molecule has 0 aliphatic carbocycles. The Bertz CT molecular complexity index is 1160. The summed E-state index contributed by atoms with van der Waals surface area (Å²) in [6.45, 7) is 2.85. The van der Waals surface area contributed by atoms with Crippen LogP contribution < -0.4 is 9.64 Å².